The number of ether oxygens (including phenoxy) is 1. The Morgan fingerprint density at radius 1 is 1.64 bits per heavy atom. The van der Waals surface area contributed by atoms with Gasteiger partial charge in [0.1, 0.15) is 11.9 Å². The minimum absolute atomic E-state index is 0.0225. The van der Waals surface area contributed by atoms with Crippen molar-refractivity contribution in [2.75, 3.05) is 0 Å². The number of carbonyl (C=O) groups excluding carboxylic acids is 2. The summed E-state index contributed by atoms with van der Waals surface area (Å²) < 4.78 is 5.13. The number of thiophene rings is 1. The van der Waals surface area contributed by atoms with E-state index < -0.39 is 0 Å². The highest BCUT2D eigenvalue weighted by Crippen LogP contribution is 2.37. The summed E-state index contributed by atoms with van der Waals surface area (Å²) in [6.07, 6.45) is -0.127. The van der Waals surface area contributed by atoms with Crippen LogP contribution in [0.1, 0.15) is 24.3 Å². The first-order valence-corrected chi connectivity index (χ1v) is 5.30. The SMILES string of the molecule is CC(=O)[C@@H]1CC(=O)O[C@H]1c1cccs1. The van der Waals surface area contributed by atoms with E-state index in [1.807, 2.05) is 17.5 Å². The van der Waals surface area contributed by atoms with E-state index in [2.05, 4.69) is 0 Å². The largest absolute Gasteiger partial charge is 0.456 e. The molecule has 1 aliphatic heterocycles. The Morgan fingerprint density at radius 2 is 2.43 bits per heavy atom. The van der Waals surface area contributed by atoms with Gasteiger partial charge in [0.05, 0.1) is 12.3 Å². The maximum Gasteiger partial charge on any atom is 0.307 e. The molecule has 0 bridgehead atoms. The van der Waals surface area contributed by atoms with Crippen LogP contribution >= 0.6 is 11.3 Å². The summed E-state index contributed by atoms with van der Waals surface area (Å²) in [7, 11) is 0. The van der Waals surface area contributed by atoms with Gasteiger partial charge in [0, 0.05) is 4.88 Å². The van der Waals surface area contributed by atoms with Gasteiger partial charge in [-0.1, -0.05) is 6.07 Å². The molecule has 0 aliphatic carbocycles. The summed E-state index contributed by atoms with van der Waals surface area (Å²) in [5, 5.41) is 1.92. The van der Waals surface area contributed by atoms with Crippen LogP contribution < -0.4 is 0 Å². The minimum Gasteiger partial charge on any atom is -0.456 e. The van der Waals surface area contributed by atoms with E-state index in [0.29, 0.717) is 0 Å². The van der Waals surface area contributed by atoms with Crippen LogP contribution in [0.2, 0.25) is 0 Å². The third-order valence-corrected chi connectivity index (χ3v) is 3.29. The molecular formula is C10H10O3S. The summed E-state index contributed by atoms with van der Waals surface area (Å²) in [4.78, 5) is 23.3. The van der Waals surface area contributed by atoms with Gasteiger partial charge in [-0.05, 0) is 18.4 Å². The summed E-state index contributed by atoms with van der Waals surface area (Å²) in [6.45, 7) is 1.51. The Labute approximate surface area is 85.7 Å². The highest BCUT2D eigenvalue weighted by atomic mass is 32.1. The molecule has 1 saturated heterocycles. The number of hydrogen-bond donors (Lipinski definition) is 0. The molecule has 2 rings (SSSR count). The van der Waals surface area contributed by atoms with Crippen molar-refractivity contribution in [2.45, 2.75) is 19.4 Å². The topological polar surface area (TPSA) is 43.4 Å². The van der Waals surface area contributed by atoms with Crippen molar-refractivity contribution in [3.05, 3.63) is 22.4 Å². The molecule has 1 aliphatic rings. The van der Waals surface area contributed by atoms with Gasteiger partial charge in [0.25, 0.3) is 0 Å². The molecule has 0 unspecified atom stereocenters. The van der Waals surface area contributed by atoms with E-state index in [4.69, 9.17) is 4.74 Å². The Kier molecular flexibility index (Phi) is 2.37. The molecule has 4 heteroatoms. The van der Waals surface area contributed by atoms with Crippen LogP contribution in [0.15, 0.2) is 17.5 Å². The van der Waals surface area contributed by atoms with Crippen LogP contribution in [0.5, 0.6) is 0 Å². The van der Waals surface area contributed by atoms with Crippen molar-refractivity contribution in [1.82, 2.24) is 0 Å². The van der Waals surface area contributed by atoms with Crippen molar-refractivity contribution in [2.24, 2.45) is 5.92 Å². The zero-order chi connectivity index (χ0) is 10.1. The van der Waals surface area contributed by atoms with E-state index in [0.717, 1.165) is 4.88 Å². The van der Waals surface area contributed by atoms with E-state index in [-0.39, 0.29) is 30.2 Å². The summed E-state index contributed by atoms with van der Waals surface area (Å²) in [6, 6.07) is 3.78. The fraction of sp³-hybridized carbons (Fsp3) is 0.400. The molecule has 1 fully saturated rings. The Bertz CT molecular complexity index is 355. The van der Waals surface area contributed by atoms with Gasteiger partial charge in [0.15, 0.2) is 0 Å². The highest BCUT2D eigenvalue weighted by Gasteiger charge is 2.39. The molecule has 0 aromatic carbocycles. The maximum absolute atomic E-state index is 11.3. The maximum atomic E-state index is 11.3. The predicted octanol–water partition coefficient (Wildman–Crippen LogP) is 1.94. The molecule has 1 aromatic rings. The van der Waals surface area contributed by atoms with E-state index in [1.54, 1.807) is 0 Å². The van der Waals surface area contributed by atoms with Crippen molar-refractivity contribution < 1.29 is 14.3 Å². The van der Waals surface area contributed by atoms with E-state index in [9.17, 15) is 9.59 Å². The Balaban J connectivity index is 2.26. The molecule has 74 valence electrons. The number of esters is 1. The van der Waals surface area contributed by atoms with Gasteiger partial charge in [-0.15, -0.1) is 11.3 Å². The number of Topliss-reactive ketones (excluding diaryl/α,β-unsaturated/α-hetero) is 1. The first-order valence-electron chi connectivity index (χ1n) is 4.42. The number of rotatable bonds is 2. The van der Waals surface area contributed by atoms with Gasteiger partial charge >= 0.3 is 5.97 Å². The monoisotopic (exact) mass is 210 g/mol. The van der Waals surface area contributed by atoms with Gasteiger partial charge in [0.2, 0.25) is 0 Å². The molecule has 14 heavy (non-hydrogen) atoms. The van der Waals surface area contributed by atoms with Crippen LogP contribution in [0, 0.1) is 5.92 Å². The Morgan fingerprint density at radius 3 is 3.00 bits per heavy atom. The number of carbonyl (C=O) groups is 2. The lowest BCUT2D eigenvalue weighted by Gasteiger charge is -2.12. The van der Waals surface area contributed by atoms with Gasteiger partial charge in [-0.2, -0.15) is 0 Å². The zero-order valence-electron chi connectivity index (χ0n) is 7.73. The lowest BCUT2D eigenvalue weighted by Crippen LogP contribution is -2.14. The second-order valence-electron chi connectivity index (χ2n) is 3.35. The molecular weight excluding hydrogens is 200 g/mol. The standard InChI is InChI=1S/C10H10O3S/c1-6(11)7-5-9(12)13-10(7)8-3-2-4-14-8/h2-4,7,10H,5H2,1H3/t7-,10+/m0/s1. The van der Waals surface area contributed by atoms with Crippen LogP contribution in [0.3, 0.4) is 0 Å². The number of cyclic esters (lactones) is 1. The molecule has 0 N–H and O–H groups in total. The molecule has 1 aromatic heterocycles. The number of hydrogen-bond acceptors (Lipinski definition) is 4. The van der Waals surface area contributed by atoms with Crippen LogP contribution in [0.25, 0.3) is 0 Å². The second-order valence-corrected chi connectivity index (χ2v) is 4.33. The third-order valence-electron chi connectivity index (χ3n) is 2.36. The zero-order valence-corrected chi connectivity index (χ0v) is 8.54. The summed E-state index contributed by atoms with van der Waals surface area (Å²) in [5.41, 5.74) is 0. The molecule has 2 heterocycles. The average molecular weight is 210 g/mol. The molecule has 2 atom stereocenters. The molecule has 0 amide bonds. The van der Waals surface area contributed by atoms with Gasteiger partial charge in [-0.25, -0.2) is 0 Å². The summed E-state index contributed by atoms with van der Waals surface area (Å²) >= 11 is 1.51. The minimum atomic E-state index is -0.347. The molecule has 0 saturated carbocycles. The van der Waals surface area contributed by atoms with Crippen LogP contribution in [-0.2, 0) is 14.3 Å². The lowest BCUT2D eigenvalue weighted by atomic mass is 9.96. The van der Waals surface area contributed by atoms with Crippen molar-refractivity contribution in [1.29, 1.82) is 0 Å². The van der Waals surface area contributed by atoms with E-state index in [1.165, 1.54) is 18.3 Å². The second kappa shape index (κ2) is 3.53. The van der Waals surface area contributed by atoms with Gasteiger partial charge in [-0.3, -0.25) is 9.59 Å². The highest BCUT2D eigenvalue weighted by molar-refractivity contribution is 7.10. The van der Waals surface area contributed by atoms with Crippen LogP contribution in [-0.4, -0.2) is 11.8 Å². The lowest BCUT2D eigenvalue weighted by molar-refractivity contribution is -0.141. The molecule has 0 radical (unpaired) electrons. The van der Waals surface area contributed by atoms with Crippen molar-refractivity contribution in [3.63, 3.8) is 0 Å². The quantitative estimate of drug-likeness (QED) is 0.701. The van der Waals surface area contributed by atoms with Crippen molar-refractivity contribution in [3.8, 4) is 0 Å². The smallest absolute Gasteiger partial charge is 0.307 e. The summed E-state index contributed by atoms with van der Waals surface area (Å²) in [5.74, 6) is -0.543. The van der Waals surface area contributed by atoms with Gasteiger partial charge < -0.3 is 4.74 Å². The van der Waals surface area contributed by atoms with Crippen molar-refractivity contribution >= 4 is 23.1 Å². The first kappa shape index (κ1) is 9.40. The predicted molar refractivity (Wildman–Crippen MR) is 51.9 cm³/mol. The third kappa shape index (κ3) is 1.57. The Hall–Kier alpha value is -1.16. The number of ketones is 1. The van der Waals surface area contributed by atoms with E-state index >= 15 is 0 Å². The average Bonchev–Trinajstić information content (AvgIpc) is 2.70. The normalized spacial score (nSPS) is 26.2. The molecule has 3 nitrogen and oxygen atoms in total. The fourth-order valence-corrected chi connectivity index (χ4v) is 2.44. The molecule has 0 spiro atoms. The van der Waals surface area contributed by atoms with Crippen LogP contribution in [0.4, 0.5) is 0 Å². The first-order chi connectivity index (χ1) is 6.68. The fourth-order valence-electron chi connectivity index (χ4n) is 1.62.